The van der Waals surface area contributed by atoms with Gasteiger partial charge < -0.3 is 9.64 Å². The van der Waals surface area contributed by atoms with Crippen LogP contribution in [0.3, 0.4) is 0 Å². The zero-order chi connectivity index (χ0) is 15.6. The van der Waals surface area contributed by atoms with Gasteiger partial charge in [-0.15, -0.1) is 5.10 Å². The fraction of sp³-hybridized carbons (Fsp3) is 0.312. The quantitative estimate of drug-likeness (QED) is 0.797. The van der Waals surface area contributed by atoms with E-state index in [1.807, 2.05) is 29.9 Å². The van der Waals surface area contributed by atoms with E-state index in [-0.39, 0.29) is 0 Å². The van der Waals surface area contributed by atoms with E-state index < -0.39 is 0 Å². The molecule has 7 nitrogen and oxygen atoms in total. The van der Waals surface area contributed by atoms with E-state index in [2.05, 4.69) is 37.3 Å². The fourth-order valence-electron chi connectivity index (χ4n) is 2.77. The number of aryl methyl sites for hydroxylation is 1. The number of rotatable bonds is 3. The minimum Gasteiger partial charge on any atom is -0.378 e. The lowest BCUT2D eigenvalue weighted by atomic mass is 10.1. The van der Waals surface area contributed by atoms with Crippen molar-refractivity contribution < 1.29 is 4.74 Å². The third-order valence-corrected chi connectivity index (χ3v) is 4.02. The van der Waals surface area contributed by atoms with Crippen molar-refractivity contribution in [3.63, 3.8) is 0 Å². The standard InChI is InChI=1S/C16H18N6O/c1-21-14(5-6-17-21)12-3-2-4-13(11-12)15-18-16(20-19-15)22-7-9-23-10-8-22/h2-6,11H,7-10H2,1H3,(H,18,19,20). The van der Waals surface area contributed by atoms with Crippen LogP contribution in [0.5, 0.6) is 0 Å². The van der Waals surface area contributed by atoms with Gasteiger partial charge in [0.2, 0.25) is 5.95 Å². The van der Waals surface area contributed by atoms with Crippen LogP contribution in [-0.4, -0.2) is 51.3 Å². The van der Waals surface area contributed by atoms with Crippen molar-refractivity contribution >= 4 is 5.95 Å². The van der Waals surface area contributed by atoms with Crippen LogP contribution in [-0.2, 0) is 11.8 Å². The van der Waals surface area contributed by atoms with E-state index in [4.69, 9.17) is 4.74 Å². The number of anilines is 1. The number of aromatic amines is 1. The molecule has 0 amide bonds. The lowest BCUT2D eigenvalue weighted by Gasteiger charge is -2.25. The Bertz CT molecular complexity index is 802. The molecule has 0 atom stereocenters. The van der Waals surface area contributed by atoms with Crippen molar-refractivity contribution in [2.75, 3.05) is 31.2 Å². The second-order valence-corrected chi connectivity index (χ2v) is 5.50. The Kier molecular flexibility index (Phi) is 3.55. The molecule has 23 heavy (non-hydrogen) atoms. The maximum absolute atomic E-state index is 5.37. The van der Waals surface area contributed by atoms with E-state index in [9.17, 15) is 0 Å². The first-order chi connectivity index (χ1) is 11.3. The molecule has 1 aliphatic rings. The first-order valence-corrected chi connectivity index (χ1v) is 7.65. The summed E-state index contributed by atoms with van der Waals surface area (Å²) in [5, 5.41) is 11.6. The normalized spacial score (nSPS) is 15.1. The highest BCUT2D eigenvalue weighted by atomic mass is 16.5. The van der Waals surface area contributed by atoms with Gasteiger partial charge in [-0.2, -0.15) is 10.1 Å². The predicted molar refractivity (Wildman–Crippen MR) is 87.1 cm³/mol. The first-order valence-electron chi connectivity index (χ1n) is 7.65. The first kappa shape index (κ1) is 14.0. The molecule has 7 heteroatoms. The highest BCUT2D eigenvalue weighted by molar-refractivity contribution is 5.68. The van der Waals surface area contributed by atoms with Crippen molar-refractivity contribution in [1.82, 2.24) is 25.0 Å². The van der Waals surface area contributed by atoms with Crippen LogP contribution < -0.4 is 4.90 Å². The van der Waals surface area contributed by atoms with Crippen molar-refractivity contribution in [1.29, 1.82) is 0 Å². The van der Waals surface area contributed by atoms with E-state index in [1.54, 1.807) is 6.20 Å². The van der Waals surface area contributed by atoms with E-state index in [0.717, 1.165) is 54.9 Å². The summed E-state index contributed by atoms with van der Waals surface area (Å²) in [6.45, 7) is 3.10. The van der Waals surface area contributed by atoms with Gasteiger partial charge >= 0.3 is 0 Å². The largest absolute Gasteiger partial charge is 0.378 e. The number of morpholine rings is 1. The van der Waals surface area contributed by atoms with E-state index in [0.29, 0.717) is 0 Å². The molecule has 1 fully saturated rings. The van der Waals surface area contributed by atoms with Crippen molar-refractivity contribution in [2.45, 2.75) is 0 Å². The van der Waals surface area contributed by atoms with Crippen LogP contribution in [0.1, 0.15) is 0 Å². The van der Waals surface area contributed by atoms with Crippen molar-refractivity contribution in [2.24, 2.45) is 7.05 Å². The summed E-state index contributed by atoms with van der Waals surface area (Å²) in [7, 11) is 1.94. The second kappa shape index (κ2) is 5.85. The number of ether oxygens (including phenoxy) is 1. The summed E-state index contributed by atoms with van der Waals surface area (Å²) >= 11 is 0. The molecule has 0 aliphatic carbocycles. The molecule has 3 heterocycles. The van der Waals surface area contributed by atoms with Gasteiger partial charge in [0.25, 0.3) is 0 Å². The van der Waals surface area contributed by atoms with Crippen LogP contribution in [0, 0.1) is 0 Å². The number of aromatic nitrogens is 5. The van der Waals surface area contributed by atoms with Gasteiger partial charge in [0.1, 0.15) is 0 Å². The predicted octanol–water partition coefficient (Wildman–Crippen LogP) is 1.71. The molecule has 0 spiro atoms. The molecule has 0 unspecified atom stereocenters. The van der Waals surface area contributed by atoms with Gasteiger partial charge in [-0.25, -0.2) is 0 Å². The van der Waals surface area contributed by atoms with E-state index >= 15 is 0 Å². The van der Waals surface area contributed by atoms with Gasteiger partial charge in [-0.05, 0) is 12.1 Å². The molecule has 0 saturated carbocycles. The van der Waals surface area contributed by atoms with Crippen LogP contribution in [0.2, 0.25) is 0 Å². The smallest absolute Gasteiger partial charge is 0.245 e. The number of nitrogens with zero attached hydrogens (tertiary/aromatic N) is 5. The Hall–Kier alpha value is -2.67. The molecular formula is C16H18N6O. The zero-order valence-electron chi connectivity index (χ0n) is 12.9. The molecule has 1 N–H and O–H groups in total. The summed E-state index contributed by atoms with van der Waals surface area (Å²) in [6.07, 6.45) is 1.80. The number of benzene rings is 1. The van der Waals surface area contributed by atoms with Crippen molar-refractivity contribution in [3.05, 3.63) is 36.5 Å². The highest BCUT2D eigenvalue weighted by Gasteiger charge is 2.16. The number of nitrogens with one attached hydrogen (secondary N) is 1. The van der Waals surface area contributed by atoms with Crippen LogP contribution >= 0.6 is 0 Å². The lowest BCUT2D eigenvalue weighted by molar-refractivity contribution is 0.122. The summed E-state index contributed by atoms with van der Waals surface area (Å²) in [6, 6.07) is 10.2. The molecule has 1 saturated heterocycles. The maximum Gasteiger partial charge on any atom is 0.245 e. The SMILES string of the molecule is Cn1nccc1-c1cccc(-c2nc(N3CCOCC3)n[nH]2)c1. The molecule has 0 bridgehead atoms. The Labute approximate surface area is 133 Å². The summed E-state index contributed by atoms with van der Waals surface area (Å²) in [4.78, 5) is 6.76. The van der Waals surface area contributed by atoms with Gasteiger partial charge in [0.05, 0.1) is 18.9 Å². The Morgan fingerprint density at radius 1 is 1.13 bits per heavy atom. The Balaban J connectivity index is 1.63. The fourth-order valence-corrected chi connectivity index (χ4v) is 2.77. The van der Waals surface area contributed by atoms with Gasteiger partial charge in [-0.3, -0.25) is 9.78 Å². The summed E-state index contributed by atoms with van der Waals surface area (Å²) in [5.41, 5.74) is 3.18. The molecule has 1 aromatic carbocycles. The topological polar surface area (TPSA) is 71.9 Å². The number of hydrogen-bond donors (Lipinski definition) is 1. The molecule has 118 valence electrons. The Morgan fingerprint density at radius 2 is 1.96 bits per heavy atom. The van der Waals surface area contributed by atoms with Gasteiger partial charge in [0.15, 0.2) is 5.82 Å². The van der Waals surface area contributed by atoms with Gasteiger partial charge in [0, 0.05) is 37.5 Å². The van der Waals surface area contributed by atoms with Crippen molar-refractivity contribution in [3.8, 4) is 22.6 Å². The molecule has 3 aromatic rings. The Morgan fingerprint density at radius 3 is 2.74 bits per heavy atom. The monoisotopic (exact) mass is 310 g/mol. The second-order valence-electron chi connectivity index (χ2n) is 5.50. The molecule has 0 radical (unpaired) electrons. The van der Waals surface area contributed by atoms with Crippen LogP contribution in [0.25, 0.3) is 22.6 Å². The van der Waals surface area contributed by atoms with Crippen LogP contribution in [0.15, 0.2) is 36.5 Å². The number of hydrogen-bond acceptors (Lipinski definition) is 5. The molecule has 4 rings (SSSR count). The zero-order valence-corrected chi connectivity index (χ0v) is 12.9. The molecule has 2 aromatic heterocycles. The third kappa shape index (κ3) is 2.70. The average Bonchev–Trinajstić information content (AvgIpc) is 3.25. The molecular weight excluding hydrogens is 292 g/mol. The summed E-state index contributed by atoms with van der Waals surface area (Å²) in [5.74, 6) is 1.50. The number of H-pyrrole nitrogens is 1. The average molecular weight is 310 g/mol. The lowest BCUT2D eigenvalue weighted by Crippen LogP contribution is -2.36. The van der Waals surface area contributed by atoms with Crippen LogP contribution in [0.4, 0.5) is 5.95 Å². The third-order valence-electron chi connectivity index (χ3n) is 4.02. The maximum atomic E-state index is 5.37. The minimum atomic E-state index is 0.722. The highest BCUT2D eigenvalue weighted by Crippen LogP contribution is 2.25. The van der Waals surface area contributed by atoms with E-state index in [1.165, 1.54) is 0 Å². The van der Waals surface area contributed by atoms with Gasteiger partial charge in [-0.1, -0.05) is 18.2 Å². The summed E-state index contributed by atoms with van der Waals surface area (Å²) < 4.78 is 7.23. The molecule has 1 aliphatic heterocycles. The minimum absolute atomic E-state index is 0.722.